The van der Waals surface area contributed by atoms with E-state index in [2.05, 4.69) is 4.72 Å². The molecule has 1 N–H and O–H groups in total. The van der Waals surface area contributed by atoms with E-state index in [9.17, 15) is 12.8 Å². The van der Waals surface area contributed by atoms with Gasteiger partial charge < -0.3 is 0 Å². The Morgan fingerprint density at radius 1 is 1.05 bits per heavy atom. The Kier molecular flexibility index (Phi) is 5.81. The molecule has 0 atom stereocenters. The van der Waals surface area contributed by atoms with Gasteiger partial charge in [-0.1, -0.05) is 47.5 Å². The van der Waals surface area contributed by atoms with Crippen molar-refractivity contribution in [2.75, 3.05) is 6.54 Å². The molecule has 2 aromatic rings. The first-order chi connectivity index (χ1) is 10.4. The number of hydrogen-bond donors (Lipinski definition) is 1. The van der Waals surface area contributed by atoms with Crippen LogP contribution in [0.25, 0.3) is 0 Å². The van der Waals surface area contributed by atoms with Crippen molar-refractivity contribution in [3.05, 3.63) is 69.5 Å². The van der Waals surface area contributed by atoms with Crippen molar-refractivity contribution < 1.29 is 12.8 Å². The minimum atomic E-state index is -3.52. The predicted octanol–water partition coefficient (Wildman–Crippen LogP) is 3.79. The van der Waals surface area contributed by atoms with Crippen LogP contribution in [-0.2, 0) is 22.2 Å². The second-order valence-corrected chi connectivity index (χ2v) is 7.36. The Morgan fingerprint density at radius 3 is 2.45 bits per heavy atom. The number of nitrogens with one attached hydrogen (secondary N) is 1. The van der Waals surface area contributed by atoms with E-state index >= 15 is 0 Å². The van der Waals surface area contributed by atoms with Gasteiger partial charge in [0, 0.05) is 6.54 Å². The largest absolute Gasteiger partial charge is 0.215 e. The second-order valence-electron chi connectivity index (χ2n) is 4.74. The molecular formula is C15H14Cl2FNO2S. The number of hydrogen-bond acceptors (Lipinski definition) is 2. The van der Waals surface area contributed by atoms with Gasteiger partial charge in [-0.2, -0.15) is 0 Å². The molecule has 0 bridgehead atoms. The zero-order valence-corrected chi connectivity index (χ0v) is 13.8. The molecule has 2 aromatic carbocycles. The van der Waals surface area contributed by atoms with Crippen LogP contribution in [0, 0.1) is 5.82 Å². The fourth-order valence-electron chi connectivity index (χ4n) is 1.94. The molecule has 0 saturated carbocycles. The van der Waals surface area contributed by atoms with Gasteiger partial charge in [0.05, 0.1) is 15.8 Å². The van der Waals surface area contributed by atoms with E-state index in [0.717, 1.165) is 0 Å². The zero-order valence-electron chi connectivity index (χ0n) is 11.5. The lowest BCUT2D eigenvalue weighted by atomic mass is 10.1. The van der Waals surface area contributed by atoms with Crippen molar-refractivity contribution in [1.29, 1.82) is 0 Å². The fourth-order valence-corrected chi connectivity index (χ4v) is 3.40. The molecule has 7 heteroatoms. The van der Waals surface area contributed by atoms with Gasteiger partial charge in [0.15, 0.2) is 0 Å². The van der Waals surface area contributed by atoms with Crippen LogP contribution in [0.2, 0.25) is 10.0 Å². The summed E-state index contributed by atoms with van der Waals surface area (Å²) in [6.45, 7) is 0.130. The van der Waals surface area contributed by atoms with E-state index in [4.69, 9.17) is 23.2 Å². The topological polar surface area (TPSA) is 46.2 Å². The van der Waals surface area contributed by atoms with Gasteiger partial charge in [-0.25, -0.2) is 17.5 Å². The Morgan fingerprint density at radius 2 is 1.77 bits per heavy atom. The summed E-state index contributed by atoms with van der Waals surface area (Å²) in [6, 6.07) is 10.9. The van der Waals surface area contributed by atoms with Crippen molar-refractivity contribution in [2.24, 2.45) is 0 Å². The minimum Gasteiger partial charge on any atom is -0.215 e. The van der Waals surface area contributed by atoms with Crippen molar-refractivity contribution in [1.82, 2.24) is 4.72 Å². The van der Waals surface area contributed by atoms with Crippen molar-refractivity contribution in [3.63, 3.8) is 0 Å². The highest BCUT2D eigenvalue weighted by atomic mass is 35.5. The molecule has 118 valence electrons. The summed E-state index contributed by atoms with van der Waals surface area (Å²) in [6.07, 6.45) is 0.285. The summed E-state index contributed by atoms with van der Waals surface area (Å²) in [5, 5.41) is 0.677. The smallest absolute Gasteiger partial charge is 0.215 e. The number of rotatable bonds is 6. The van der Waals surface area contributed by atoms with Crippen molar-refractivity contribution >= 4 is 33.2 Å². The average Bonchev–Trinajstić information content (AvgIpc) is 2.44. The Balaban J connectivity index is 1.94. The van der Waals surface area contributed by atoms with Crippen LogP contribution in [0.5, 0.6) is 0 Å². The molecule has 0 fully saturated rings. The third-order valence-corrected chi connectivity index (χ3v) is 5.11. The number of halogens is 3. The quantitative estimate of drug-likeness (QED) is 0.850. The maximum absolute atomic E-state index is 13.4. The molecule has 0 radical (unpaired) electrons. The lowest BCUT2D eigenvalue weighted by molar-refractivity contribution is 0.576. The lowest BCUT2D eigenvalue weighted by Gasteiger charge is -2.08. The van der Waals surface area contributed by atoms with E-state index < -0.39 is 10.0 Å². The normalized spacial score (nSPS) is 11.6. The molecule has 0 amide bonds. The number of benzene rings is 2. The molecule has 3 nitrogen and oxygen atoms in total. The molecule has 0 aliphatic rings. The van der Waals surface area contributed by atoms with E-state index in [0.29, 0.717) is 21.2 Å². The van der Waals surface area contributed by atoms with Gasteiger partial charge in [-0.05, 0) is 35.7 Å². The third-order valence-electron chi connectivity index (χ3n) is 3.01. The second kappa shape index (κ2) is 7.42. The lowest BCUT2D eigenvalue weighted by Crippen LogP contribution is -2.27. The molecule has 0 heterocycles. The standard InChI is InChI=1S/C15H14Cl2FNO2S/c16-13-6-5-11(9-14(13)17)10-22(20,21)19-8-7-12-3-1-2-4-15(12)18/h1-6,9,19H,7-8,10H2. The molecule has 0 saturated heterocycles. The van der Waals surface area contributed by atoms with Crippen LogP contribution in [-0.4, -0.2) is 15.0 Å². The SMILES string of the molecule is O=S(=O)(Cc1ccc(Cl)c(Cl)c1)NCCc1ccccc1F. The van der Waals surface area contributed by atoms with Crippen LogP contribution in [0.15, 0.2) is 42.5 Å². The molecule has 0 aliphatic carbocycles. The highest BCUT2D eigenvalue weighted by Crippen LogP contribution is 2.23. The Bertz CT molecular complexity index is 766. The third kappa shape index (κ3) is 4.95. The van der Waals surface area contributed by atoms with Crippen LogP contribution in [0.4, 0.5) is 4.39 Å². The zero-order chi connectivity index (χ0) is 16.2. The monoisotopic (exact) mass is 361 g/mol. The summed E-state index contributed by atoms with van der Waals surface area (Å²) in [5.74, 6) is -0.549. The molecule has 0 spiro atoms. The molecule has 0 aromatic heterocycles. The first-order valence-electron chi connectivity index (χ1n) is 6.52. The highest BCUT2D eigenvalue weighted by molar-refractivity contribution is 7.88. The van der Waals surface area contributed by atoms with Gasteiger partial charge in [-0.3, -0.25) is 0 Å². The van der Waals surface area contributed by atoms with Crippen molar-refractivity contribution in [3.8, 4) is 0 Å². The molecule has 2 rings (SSSR count). The summed E-state index contributed by atoms with van der Waals surface area (Å²) in [7, 11) is -3.52. The summed E-state index contributed by atoms with van der Waals surface area (Å²) >= 11 is 11.6. The van der Waals surface area contributed by atoms with Crippen LogP contribution in [0.3, 0.4) is 0 Å². The fraction of sp³-hybridized carbons (Fsp3) is 0.200. The Labute approximate surface area is 139 Å². The summed E-state index contributed by atoms with van der Waals surface area (Å²) in [4.78, 5) is 0. The molecule has 0 aliphatic heterocycles. The molecule has 22 heavy (non-hydrogen) atoms. The first kappa shape index (κ1) is 17.2. The first-order valence-corrected chi connectivity index (χ1v) is 8.93. The van der Waals surface area contributed by atoms with Gasteiger partial charge >= 0.3 is 0 Å². The van der Waals surface area contributed by atoms with Gasteiger partial charge in [-0.15, -0.1) is 0 Å². The molecule has 0 unspecified atom stereocenters. The van der Waals surface area contributed by atoms with E-state index in [1.807, 2.05) is 0 Å². The van der Waals surface area contributed by atoms with Gasteiger partial charge in [0.25, 0.3) is 0 Å². The number of sulfonamides is 1. The Hall–Kier alpha value is -1.14. The highest BCUT2D eigenvalue weighted by Gasteiger charge is 2.12. The van der Waals surface area contributed by atoms with Gasteiger partial charge in [0.2, 0.25) is 10.0 Å². The minimum absolute atomic E-state index is 0.130. The predicted molar refractivity (Wildman–Crippen MR) is 87.2 cm³/mol. The van der Waals surface area contributed by atoms with Crippen LogP contribution >= 0.6 is 23.2 Å². The average molecular weight is 362 g/mol. The van der Waals surface area contributed by atoms with Crippen LogP contribution < -0.4 is 4.72 Å². The molecular weight excluding hydrogens is 348 g/mol. The van der Waals surface area contributed by atoms with Gasteiger partial charge in [0.1, 0.15) is 5.82 Å². The van der Waals surface area contributed by atoms with E-state index in [1.54, 1.807) is 30.3 Å². The maximum Gasteiger partial charge on any atom is 0.215 e. The van der Waals surface area contributed by atoms with E-state index in [1.165, 1.54) is 12.1 Å². The van der Waals surface area contributed by atoms with Crippen molar-refractivity contribution in [2.45, 2.75) is 12.2 Å². The summed E-state index contributed by atoms with van der Waals surface area (Å²) < 4.78 is 39.9. The van der Waals surface area contributed by atoms with E-state index in [-0.39, 0.29) is 24.5 Å². The maximum atomic E-state index is 13.4. The van der Waals surface area contributed by atoms with Crippen LogP contribution in [0.1, 0.15) is 11.1 Å². The summed E-state index contributed by atoms with van der Waals surface area (Å²) in [5.41, 5.74) is 1.01.